The lowest BCUT2D eigenvalue weighted by Crippen LogP contribution is -2.51. The molecule has 0 N–H and O–H groups in total. The van der Waals surface area contributed by atoms with Crippen LogP contribution in [0.4, 0.5) is 0 Å². The Kier molecular flexibility index (Phi) is 9.13. The van der Waals surface area contributed by atoms with Gasteiger partial charge in [-0.15, -0.1) is 0 Å². The summed E-state index contributed by atoms with van der Waals surface area (Å²) in [6.07, 6.45) is 24.1. The van der Waals surface area contributed by atoms with Gasteiger partial charge < -0.3 is 4.74 Å². The van der Waals surface area contributed by atoms with Crippen molar-refractivity contribution in [3.05, 3.63) is 65.8 Å². The lowest BCUT2D eigenvalue weighted by Gasteiger charge is -2.58. The molecular weight excluding hydrogens is 488 g/mol. The first-order valence-corrected chi connectivity index (χ1v) is 16.5. The normalized spacial score (nSPS) is 36.2. The minimum absolute atomic E-state index is 0.0162. The molecule has 4 aliphatic rings. The lowest BCUT2D eigenvalue weighted by atomic mass is 9.47. The third kappa shape index (κ3) is 6.07. The molecule has 0 aliphatic heterocycles. The molecule has 0 bridgehead atoms. The fraction of sp³-hybridized carbons (Fsp3) is 0.658. The van der Waals surface area contributed by atoms with Crippen molar-refractivity contribution in [3.8, 4) is 0 Å². The monoisotopic (exact) mass is 542 g/mol. The molecule has 2 nitrogen and oxygen atoms in total. The minimum Gasteiger partial charge on any atom is -0.459 e. The molecular formula is C38H54O2. The highest BCUT2D eigenvalue weighted by Gasteiger charge is 2.59. The van der Waals surface area contributed by atoms with Gasteiger partial charge in [0.15, 0.2) is 0 Å². The van der Waals surface area contributed by atoms with Gasteiger partial charge in [0.2, 0.25) is 0 Å². The summed E-state index contributed by atoms with van der Waals surface area (Å²) in [5.74, 6) is 4.93. The molecule has 3 fully saturated rings. The van der Waals surface area contributed by atoms with Crippen LogP contribution in [0.1, 0.15) is 111 Å². The van der Waals surface area contributed by atoms with Crippen molar-refractivity contribution >= 4 is 12.0 Å². The van der Waals surface area contributed by atoms with Crippen LogP contribution in [0.2, 0.25) is 0 Å². The summed E-state index contributed by atoms with van der Waals surface area (Å²) in [6, 6.07) is 10.1. The van der Waals surface area contributed by atoms with Crippen LogP contribution >= 0.6 is 0 Å². The molecule has 1 aromatic rings. The highest BCUT2D eigenvalue weighted by atomic mass is 16.5. The summed E-state index contributed by atoms with van der Waals surface area (Å²) < 4.78 is 5.95. The minimum atomic E-state index is -0.214. The third-order valence-electron chi connectivity index (χ3n) is 12.0. The largest absolute Gasteiger partial charge is 0.459 e. The third-order valence-corrected chi connectivity index (χ3v) is 12.0. The molecule has 3 saturated carbocycles. The summed E-state index contributed by atoms with van der Waals surface area (Å²) >= 11 is 0. The molecule has 5 rings (SSSR count). The van der Waals surface area contributed by atoms with E-state index in [0.29, 0.717) is 10.8 Å². The first kappa shape index (κ1) is 29.4. The molecule has 1 aromatic carbocycles. The van der Waals surface area contributed by atoms with E-state index < -0.39 is 0 Å². The van der Waals surface area contributed by atoms with Gasteiger partial charge in [-0.05, 0) is 96.8 Å². The maximum absolute atomic E-state index is 12.6. The van der Waals surface area contributed by atoms with Crippen LogP contribution in [0.5, 0.6) is 0 Å². The Balaban J connectivity index is 1.18. The van der Waals surface area contributed by atoms with Gasteiger partial charge >= 0.3 is 5.97 Å². The van der Waals surface area contributed by atoms with Crippen molar-refractivity contribution in [2.75, 3.05) is 0 Å². The molecule has 4 aliphatic carbocycles. The highest BCUT2D eigenvalue weighted by Crippen LogP contribution is 2.67. The summed E-state index contributed by atoms with van der Waals surface area (Å²) in [5.41, 5.74) is 3.55. The summed E-state index contributed by atoms with van der Waals surface area (Å²) in [4.78, 5) is 12.6. The lowest BCUT2D eigenvalue weighted by molar-refractivity contribution is -0.145. The van der Waals surface area contributed by atoms with Crippen molar-refractivity contribution in [2.45, 2.75) is 111 Å². The van der Waals surface area contributed by atoms with Crippen molar-refractivity contribution in [2.24, 2.45) is 46.3 Å². The number of fused-ring (bicyclic) bond motifs is 5. The number of carbonyl (C=O) groups is 1. The standard InChI is InChI=1S/C38H54O2/c1-27(2)12-11-13-28(3)33-20-21-34-32-19-18-30-26-31(22-24-37(30,4)35(32)23-25-38(33,34)5)40-36(39)17-10-9-16-29-14-7-6-8-15-29/h6-10,14-18,27-28,31-35H,11-13,19-26H2,1-5H3/b16-9+,17-10+/t28?,31-,32?,33?,34?,35?,37-,38+/m0/s1. The quantitative estimate of drug-likeness (QED) is 0.134. The van der Waals surface area contributed by atoms with Crippen LogP contribution < -0.4 is 0 Å². The van der Waals surface area contributed by atoms with Gasteiger partial charge in [-0.1, -0.05) is 114 Å². The SMILES string of the molecule is CC(C)CCCC(C)C1CCC2C3CC=C4C[C@@H](OC(=O)/C=C/C=C/c5ccccc5)CC[C@]4(C)C3CC[C@]12C. The smallest absolute Gasteiger partial charge is 0.331 e. The number of esters is 1. The van der Waals surface area contributed by atoms with E-state index in [9.17, 15) is 4.79 Å². The summed E-state index contributed by atoms with van der Waals surface area (Å²) in [6.45, 7) is 12.5. The van der Waals surface area contributed by atoms with Gasteiger partial charge in [-0.25, -0.2) is 4.79 Å². The zero-order valence-electron chi connectivity index (χ0n) is 25.9. The summed E-state index contributed by atoms with van der Waals surface area (Å²) in [5, 5.41) is 0. The second kappa shape index (κ2) is 12.4. The van der Waals surface area contributed by atoms with Crippen LogP contribution in [0.3, 0.4) is 0 Å². The second-order valence-corrected chi connectivity index (χ2v) is 14.7. The number of carbonyl (C=O) groups excluding carboxylic acids is 1. The van der Waals surface area contributed by atoms with Crippen LogP contribution in [0.15, 0.2) is 60.2 Å². The van der Waals surface area contributed by atoms with E-state index >= 15 is 0 Å². The molecule has 0 saturated heterocycles. The topological polar surface area (TPSA) is 26.3 Å². The molecule has 0 aromatic heterocycles. The molecule has 2 heteroatoms. The zero-order valence-corrected chi connectivity index (χ0v) is 25.9. The number of allylic oxidation sites excluding steroid dienone is 3. The molecule has 40 heavy (non-hydrogen) atoms. The van der Waals surface area contributed by atoms with Crippen molar-refractivity contribution in [3.63, 3.8) is 0 Å². The van der Waals surface area contributed by atoms with E-state index in [0.717, 1.165) is 60.3 Å². The molecule has 8 atom stereocenters. The molecule has 0 heterocycles. The fourth-order valence-electron chi connectivity index (χ4n) is 9.82. The van der Waals surface area contributed by atoms with E-state index in [-0.39, 0.29) is 12.1 Å². The predicted molar refractivity (Wildman–Crippen MR) is 168 cm³/mol. The maximum Gasteiger partial charge on any atom is 0.331 e. The second-order valence-electron chi connectivity index (χ2n) is 14.7. The Hall–Kier alpha value is -2.09. The van der Waals surface area contributed by atoms with Gasteiger partial charge in [0.25, 0.3) is 0 Å². The van der Waals surface area contributed by atoms with Crippen LogP contribution in [-0.4, -0.2) is 12.1 Å². The predicted octanol–water partition coefficient (Wildman–Crippen LogP) is 10.2. The van der Waals surface area contributed by atoms with Gasteiger partial charge in [-0.3, -0.25) is 0 Å². The van der Waals surface area contributed by atoms with E-state index in [1.807, 2.05) is 30.4 Å². The Bertz CT molecular complexity index is 1100. The Morgan fingerprint density at radius 2 is 1.77 bits per heavy atom. The number of hydrogen-bond donors (Lipinski definition) is 0. The van der Waals surface area contributed by atoms with Crippen LogP contribution in [0.25, 0.3) is 6.08 Å². The van der Waals surface area contributed by atoms with Crippen LogP contribution in [-0.2, 0) is 9.53 Å². The maximum atomic E-state index is 12.6. The zero-order chi connectivity index (χ0) is 28.3. The van der Waals surface area contributed by atoms with Gasteiger partial charge in [-0.2, -0.15) is 0 Å². The number of ether oxygens (including phenoxy) is 1. The molecule has 0 spiro atoms. The van der Waals surface area contributed by atoms with Crippen molar-refractivity contribution in [1.82, 2.24) is 0 Å². The first-order chi connectivity index (χ1) is 19.2. The molecule has 0 radical (unpaired) electrons. The molecule has 218 valence electrons. The van der Waals surface area contributed by atoms with Gasteiger partial charge in [0.1, 0.15) is 6.10 Å². The summed E-state index contributed by atoms with van der Waals surface area (Å²) in [7, 11) is 0. The van der Waals surface area contributed by atoms with Gasteiger partial charge in [0.05, 0.1) is 0 Å². The van der Waals surface area contributed by atoms with Crippen molar-refractivity contribution < 1.29 is 9.53 Å². The van der Waals surface area contributed by atoms with E-state index in [2.05, 4.69) is 52.8 Å². The van der Waals surface area contributed by atoms with E-state index in [4.69, 9.17) is 4.74 Å². The van der Waals surface area contributed by atoms with E-state index in [1.165, 1.54) is 51.4 Å². The van der Waals surface area contributed by atoms with Crippen molar-refractivity contribution in [1.29, 1.82) is 0 Å². The average molecular weight is 543 g/mol. The molecule has 0 amide bonds. The number of hydrogen-bond acceptors (Lipinski definition) is 2. The van der Waals surface area contributed by atoms with Crippen LogP contribution in [0, 0.1) is 46.3 Å². The first-order valence-electron chi connectivity index (χ1n) is 16.5. The number of benzene rings is 1. The molecule has 5 unspecified atom stereocenters. The Labute approximate surface area is 244 Å². The number of rotatable bonds is 9. The Morgan fingerprint density at radius 1 is 0.975 bits per heavy atom. The van der Waals surface area contributed by atoms with Gasteiger partial charge in [0, 0.05) is 12.5 Å². The Morgan fingerprint density at radius 3 is 2.55 bits per heavy atom. The fourth-order valence-corrected chi connectivity index (χ4v) is 9.82. The van der Waals surface area contributed by atoms with E-state index in [1.54, 1.807) is 17.7 Å². The average Bonchev–Trinajstić information content (AvgIpc) is 3.29. The highest BCUT2D eigenvalue weighted by molar-refractivity contribution is 5.82.